The minimum absolute atomic E-state index is 0.0403. The Morgan fingerprint density at radius 3 is 2.31 bits per heavy atom. The Morgan fingerprint density at radius 2 is 2.00 bits per heavy atom. The van der Waals surface area contributed by atoms with Crippen LogP contribution in [0.1, 0.15) is 25.5 Å². The fraction of sp³-hybridized carbons (Fsp3) is 0.375. The number of aromatic nitrogens is 1. The van der Waals surface area contributed by atoms with Gasteiger partial charge in [0.15, 0.2) is 0 Å². The molecule has 1 aromatic rings. The van der Waals surface area contributed by atoms with Gasteiger partial charge < -0.3 is 0 Å². The molecule has 0 aromatic carbocycles. The van der Waals surface area contributed by atoms with Gasteiger partial charge in [-0.25, -0.2) is 8.42 Å². The van der Waals surface area contributed by atoms with E-state index in [1.54, 1.807) is 6.07 Å². The lowest BCUT2D eigenvalue weighted by Crippen LogP contribution is -1.96. The van der Waals surface area contributed by atoms with Gasteiger partial charge in [-0.05, 0) is 18.1 Å². The number of halogens is 1. The van der Waals surface area contributed by atoms with Crippen molar-refractivity contribution in [1.29, 1.82) is 0 Å². The highest BCUT2D eigenvalue weighted by atomic mass is 35.7. The van der Waals surface area contributed by atoms with Gasteiger partial charge in [0, 0.05) is 22.6 Å². The van der Waals surface area contributed by atoms with Gasteiger partial charge in [0.2, 0.25) is 0 Å². The van der Waals surface area contributed by atoms with Gasteiger partial charge >= 0.3 is 0 Å². The van der Waals surface area contributed by atoms with Crippen LogP contribution in [0.5, 0.6) is 0 Å². The van der Waals surface area contributed by atoms with Crippen LogP contribution in [0.3, 0.4) is 0 Å². The molecule has 0 bridgehead atoms. The van der Waals surface area contributed by atoms with E-state index in [4.69, 9.17) is 10.7 Å². The smallest absolute Gasteiger partial charge is 0.260 e. The van der Waals surface area contributed by atoms with E-state index in [1.165, 1.54) is 12.3 Å². The molecule has 13 heavy (non-hydrogen) atoms. The molecule has 0 saturated heterocycles. The summed E-state index contributed by atoms with van der Waals surface area (Å²) in [5, 5.41) is 0. The van der Waals surface area contributed by atoms with Gasteiger partial charge in [-0.1, -0.05) is 13.8 Å². The molecule has 0 aliphatic heterocycles. The van der Waals surface area contributed by atoms with Crippen molar-refractivity contribution in [2.75, 3.05) is 0 Å². The molecule has 1 aromatic heterocycles. The summed E-state index contributed by atoms with van der Waals surface area (Å²) in [6.07, 6.45) is 1.28. The summed E-state index contributed by atoms with van der Waals surface area (Å²) in [4.78, 5) is 4.02. The highest BCUT2D eigenvalue weighted by Crippen LogP contribution is 2.16. The molecule has 5 heteroatoms. The number of pyridine rings is 1. The van der Waals surface area contributed by atoms with Crippen molar-refractivity contribution in [2.24, 2.45) is 0 Å². The van der Waals surface area contributed by atoms with E-state index in [2.05, 4.69) is 4.98 Å². The van der Waals surface area contributed by atoms with E-state index < -0.39 is 9.05 Å². The van der Waals surface area contributed by atoms with E-state index >= 15 is 0 Å². The number of hydrogen-bond acceptors (Lipinski definition) is 3. The molecule has 72 valence electrons. The van der Waals surface area contributed by atoms with Crippen LogP contribution in [0.15, 0.2) is 23.2 Å². The summed E-state index contributed by atoms with van der Waals surface area (Å²) < 4.78 is 21.7. The van der Waals surface area contributed by atoms with Crippen molar-refractivity contribution < 1.29 is 8.42 Å². The zero-order valence-corrected chi connectivity index (χ0v) is 8.93. The minimum atomic E-state index is -3.64. The molecule has 0 aliphatic rings. The Balaban J connectivity index is 3.08. The van der Waals surface area contributed by atoms with Crippen LogP contribution in [0.2, 0.25) is 0 Å². The predicted molar refractivity (Wildman–Crippen MR) is 51.4 cm³/mol. The monoisotopic (exact) mass is 219 g/mol. The van der Waals surface area contributed by atoms with E-state index in [-0.39, 0.29) is 10.8 Å². The third-order valence-electron chi connectivity index (χ3n) is 1.63. The van der Waals surface area contributed by atoms with Crippen LogP contribution < -0.4 is 0 Å². The lowest BCUT2D eigenvalue weighted by Gasteiger charge is -2.03. The molecular weight excluding hydrogens is 210 g/mol. The molecule has 0 fully saturated rings. The molecule has 0 spiro atoms. The standard InChI is InChI=1S/C8H10ClNO2S/c1-6(2)8-4-3-7(5-10-8)13(9,11)12/h3-6H,1-2H3. The first-order valence-corrected chi connectivity index (χ1v) is 6.13. The Hall–Kier alpha value is -0.610. The Bertz CT molecular complexity index is 383. The van der Waals surface area contributed by atoms with Crippen molar-refractivity contribution in [2.45, 2.75) is 24.7 Å². The summed E-state index contributed by atoms with van der Waals surface area (Å²) in [5.74, 6) is 0.284. The SMILES string of the molecule is CC(C)c1ccc(S(=O)(=O)Cl)cn1. The van der Waals surface area contributed by atoms with Crippen molar-refractivity contribution in [3.63, 3.8) is 0 Å². The zero-order chi connectivity index (χ0) is 10.1. The Labute approximate surface area is 82.2 Å². The second-order valence-corrected chi connectivity index (χ2v) is 5.58. The molecular formula is C8H10ClNO2S. The van der Waals surface area contributed by atoms with Crippen LogP contribution in [0.25, 0.3) is 0 Å². The van der Waals surface area contributed by atoms with Crippen LogP contribution in [-0.2, 0) is 9.05 Å². The molecule has 0 unspecified atom stereocenters. The number of rotatable bonds is 2. The average molecular weight is 220 g/mol. The highest BCUT2D eigenvalue weighted by molar-refractivity contribution is 8.13. The number of hydrogen-bond donors (Lipinski definition) is 0. The topological polar surface area (TPSA) is 47.0 Å². The van der Waals surface area contributed by atoms with Crippen molar-refractivity contribution in [3.05, 3.63) is 24.0 Å². The van der Waals surface area contributed by atoms with Crippen molar-refractivity contribution in [1.82, 2.24) is 4.98 Å². The molecule has 0 saturated carbocycles. The molecule has 0 amide bonds. The molecule has 0 aliphatic carbocycles. The maximum Gasteiger partial charge on any atom is 0.262 e. The quantitative estimate of drug-likeness (QED) is 0.716. The Morgan fingerprint density at radius 1 is 1.38 bits per heavy atom. The number of nitrogens with zero attached hydrogens (tertiary/aromatic N) is 1. The predicted octanol–water partition coefficient (Wildman–Crippen LogP) is 2.13. The molecule has 0 radical (unpaired) electrons. The summed E-state index contributed by atoms with van der Waals surface area (Å²) in [6.45, 7) is 3.97. The van der Waals surface area contributed by atoms with Gasteiger partial charge in [-0.2, -0.15) is 0 Å². The van der Waals surface area contributed by atoms with Crippen LogP contribution in [-0.4, -0.2) is 13.4 Å². The fourth-order valence-corrected chi connectivity index (χ4v) is 1.56. The molecule has 0 atom stereocenters. The maximum absolute atomic E-state index is 10.8. The third-order valence-corrected chi connectivity index (χ3v) is 2.97. The second kappa shape index (κ2) is 3.64. The van der Waals surface area contributed by atoms with Crippen LogP contribution in [0, 0.1) is 0 Å². The van der Waals surface area contributed by atoms with Gasteiger partial charge in [-0.15, -0.1) is 0 Å². The minimum Gasteiger partial charge on any atom is -0.260 e. The van der Waals surface area contributed by atoms with Crippen LogP contribution in [0.4, 0.5) is 0 Å². The highest BCUT2D eigenvalue weighted by Gasteiger charge is 2.10. The second-order valence-electron chi connectivity index (χ2n) is 3.01. The lowest BCUT2D eigenvalue weighted by atomic mass is 10.1. The summed E-state index contributed by atoms with van der Waals surface area (Å²) in [5.41, 5.74) is 0.851. The van der Waals surface area contributed by atoms with Gasteiger partial charge in [0.1, 0.15) is 4.90 Å². The first-order valence-electron chi connectivity index (χ1n) is 3.82. The summed E-state index contributed by atoms with van der Waals surface area (Å²) >= 11 is 0. The molecule has 3 nitrogen and oxygen atoms in total. The fourth-order valence-electron chi connectivity index (χ4n) is 0.877. The van der Waals surface area contributed by atoms with Crippen molar-refractivity contribution >= 4 is 19.7 Å². The van der Waals surface area contributed by atoms with E-state index in [0.29, 0.717) is 0 Å². The van der Waals surface area contributed by atoms with Crippen molar-refractivity contribution in [3.8, 4) is 0 Å². The maximum atomic E-state index is 10.8. The average Bonchev–Trinajstić information content (AvgIpc) is 2.03. The first-order chi connectivity index (χ1) is 5.91. The van der Waals surface area contributed by atoms with E-state index in [0.717, 1.165) is 5.69 Å². The first kappa shape index (κ1) is 10.5. The molecule has 1 rings (SSSR count). The van der Waals surface area contributed by atoms with Gasteiger partial charge in [0.25, 0.3) is 9.05 Å². The largest absolute Gasteiger partial charge is 0.262 e. The molecule has 0 N–H and O–H groups in total. The normalized spacial score (nSPS) is 12.0. The summed E-state index contributed by atoms with van der Waals surface area (Å²) in [7, 11) is 1.49. The van der Waals surface area contributed by atoms with E-state index in [1.807, 2.05) is 13.8 Å². The van der Waals surface area contributed by atoms with Crippen LogP contribution >= 0.6 is 10.7 Å². The van der Waals surface area contributed by atoms with Gasteiger partial charge in [-0.3, -0.25) is 4.98 Å². The lowest BCUT2D eigenvalue weighted by molar-refractivity contribution is 0.609. The van der Waals surface area contributed by atoms with E-state index in [9.17, 15) is 8.42 Å². The Kier molecular flexibility index (Phi) is 2.93. The third kappa shape index (κ3) is 2.67. The zero-order valence-electron chi connectivity index (χ0n) is 7.36. The molecule has 1 heterocycles. The summed E-state index contributed by atoms with van der Waals surface area (Å²) in [6, 6.07) is 3.13. The van der Waals surface area contributed by atoms with Gasteiger partial charge in [0.05, 0.1) is 0 Å².